The van der Waals surface area contributed by atoms with Gasteiger partial charge in [-0.3, -0.25) is 9.79 Å². The zero-order chi connectivity index (χ0) is 10.8. The molecule has 1 aliphatic heterocycles. The van der Waals surface area contributed by atoms with Gasteiger partial charge in [0.1, 0.15) is 6.61 Å². The van der Waals surface area contributed by atoms with Gasteiger partial charge in [0.2, 0.25) is 0 Å². The molecule has 1 fully saturated rings. The van der Waals surface area contributed by atoms with E-state index in [0.717, 1.165) is 0 Å². The minimum atomic E-state index is -0.242. The summed E-state index contributed by atoms with van der Waals surface area (Å²) in [4.78, 5) is 15.1. The van der Waals surface area contributed by atoms with Crippen LogP contribution in [0.5, 0.6) is 0 Å². The number of ether oxygens (including phenoxy) is 1. The highest BCUT2D eigenvalue weighted by atomic mass is 35.5. The molecule has 0 spiro atoms. The first-order valence-electron chi connectivity index (χ1n) is 4.32. The Hall–Kier alpha value is -1.06. The number of carbonyl (C=O) groups is 1. The Bertz CT molecular complexity index is 443. The molecule has 0 aromatic heterocycles. The first-order chi connectivity index (χ1) is 7.15. The topological polar surface area (TPSA) is 38.7 Å². The smallest absolute Gasteiger partial charge is 0.312 e. The van der Waals surface area contributed by atoms with Crippen LogP contribution in [0.4, 0.5) is 5.69 Å². The lowest BCUT2D eigenvalue weighted by Crippen LogP contribution is -1.94. The first-order valence-corrected chi connectivity index (χ1v) is 5.08. The SMILES string of the molecule is O=C1CC(=Nc2ccc(Cl)c(Cl)c2)CO1. The van der Waals surface area contributed by atoms with Crippen LogP contribution in [0.3, 0.4) is 0 Å². The molecule has 1 aromatic carbocycles. The molecular weight excluding hydrogens is 237 g/mol. The summed E-state index contributed by atoms with van der Waals surface area (Å²) in [6.45, 7) is 0.263. The Balaban J connectivity index is 2.24. The molecule has 0 saturated carbocycles. The molecule has 0 amide bonds. The van der Waals surface area contributed by atoms with Gasteiger partial charge in [0.15, 0.2) is 0 Å². The number of halogens is 2. The number of rotatable bonds is 1. The van der Waals surface area contributed by atoms with Gasteiger partial charge in [-0.15, -0.1) is 0 Å². The van der Waals surface area contributed by atoms with Gasteiger partial charge in [-0.25, -0.2) is 0 Å². The third kappa shape index (κ3) is 2.49. The minimum absolute atomic E-state index is 0.242. The lowest BCUT2D eigenvalue weighted by atomic mass is 10.3. The Morgan fingerprint density at radius 2 is 2.07 bits per heavy atom. The number of hydrogen-bond acceptors (Lipinski definition) is 3. The molecule has 0 unspecified atom stereocenters. The van der Waals surface area contributed by atoms with Gasteiger partial charge in [-0.1, -0.05) is 23.2 Å². The van der Waals surface area contributed by atoms with E-state index < -0.39 is 0 Å². The fourth-order valence-electron chi connectivity index (χ4n) is 1.24. The number of benzene rings is 1. The van der Waals surface area contributed by atoms with E-state index in [0.29, 0.717) is 21.4 Å². The molecule has 2 rings (SSSR count). The van der Waals surface area contributed by atoms with Crippen LogP contribution in [0.25, 0.3) is 0 Å². The summed E-state index contributed by atoms with van der Waals surface area (Å²) in [6.07, 6.45) is 0.250. The maximum Gasteiger partial charge on any atom is 0.312 e. The van der Waals surface area contributed by atoms with Gasteiger partial charge < -0.3 is 4.74 Å². The second-order valence-corrected chi connectivity index (χ2v) is 3.93. The molecule has 0 radical (unpaired) electrons. The van der Waals surface area contributed by atoms with Crippen LogP contribution in [0.2, 0.25) is 10.0 Å². The molecule has 15 heavy (non-hydrogen) atoms. The summed E-state index contributed by atoms with van der Waals surface area (Å²) in [7, 11) is 0. The maximum absolute atomic E-state index is 10.8. The van der Waals surface area contributed by atoms with Crippen LogP contribution in [-0.2, 0) is 9.53 Å². The molecule has 0 bridgehead atoms. The molecule has 1 aromatic rings. The third-order valence-electron chi connectivity index (χ3n) is 1.94. The molecule has 78 valence electrons. The minimum Gasteiger partial charge on any atom is -0.459 e. The molecule has 1 saturated heterocycles. The van der Waals surface area contributed by atoms with Gasteiger partial charge in [-0.2, -0.15) is 0 Å². The summed E-state index contributed by atoms with van der Waals surface area (Å²) in [5, 5.41) is 0.933. The highest BCUT2D eigenvalue weighted by Crippen LogP contribution is 2.27. The molecule has 1 heterocycles. The molecule has 1 aliphatic rings. The van der Waals surface area contributed by atoms with Gasteiger partial charge in [0.25, 0.3) is 0 Å². The predicted octanol–water partition coefficient (Wildman–Crippen LogP) is 3.01. The molecular formula is C10H7Cl2NO2. The quantitative estimate of drug-likeness (QED) is 0.712. The fourth-order valence-corrected chi connectivity index (χ4v) is 1.53. The summed E-state index contributed by atoms with van der Waals surface area (Å²) >= 11 is 11.6. The molecule has 0 N–H and O–H groups in total. The van der Waals surface area contributed by atoms with Crippen molar-refractivity contribution in [2.75, 3.05) is 6.61 Å². The second kappa shape index (κ2) is 4.21. The van der Waals surface area contributed by atoms with Gasteiger partial charge in [0, 0.05) is 0 Å². The first kappa shape index (κ1) is 10.5. The second-order valence-electron chi connectivity index (χ2n) is 3.11. The normalized spacial score (nSPS) is 18.3. The molecule has 0 aliphatic carbocycles. The largest absolute Gasteiger partial charge is 0.459 e. The van der Waals surface area contributed by atoms with E-state index in [2.05, 4.69) is 4.99 Å². The van der Waals surface area contributed by atoms with Crippen LogP contribution in [0.15, 0.2) is 23.2 Å². The predicted molar refractivity (Wildman–Crippen MR) is 59.1 cm³/mol. The van der Waals surface area contributed by atoms with Crippen molar-refractivity contribution < 1.29 is 9.53 Å². The zero-order valence-electron chi connectivity index (χ0n) is 7.67. The highest BCUT2D eigenvalue weighted by Gasteiger charge is 2.18. The number of hydrogen-bond donors (Lipinski definition) is 0. The number of esters is 1. The van der Waals surface area contributed by atoms with E-state index in [1.807, 2.05) is 0 Å². The van der Waals surface area contributed by atoms with E-state index in [1.54, 1.807) is 18.2 Å². The zero-order valence-corrected chi connectivity index (χ0v) is 9.18. The van der Waals surface area contributed by atoms with E-state index in [9.17, 15) is 4.79 Å². The van der Waals surface area contributed by atoms with Crippen LogP contribution in [0, 0.1) is 0 Å². The van der Waals surface area contributed by atoms with Gasteiger partial charge in [-0.05, 0) is 18.2 Å². The Morgan fingerprint density at radius 1 is 1.27 bits per heavy atom. The average Bonchev–Trinajstić information content (AvgIpc) is 2.58. The Labute approximate surface area is 96.7 Å². The van der Waals surface area contributed by atoms with Crippen molar-refractivity contribution in [3.8, 4) is 0 Å². The van der Waals surface area contributed by atoms with E-state index in [-0.39, 0.29) is 19.0 Å². The van der Waals surface area contributed by atoms with Crippen molar-refractivity contribution in [2.24, 2.45) is 4.99 Å². The molecule has 3 nitrogen and oxygen atoms in total. The van der Waals surface area contributed by atoms with Crippen molar-refractivity contribution in [3.05, 3.63) is 28.2 Å². The molecule has 0 atom stereocenters. The number of aliphatic imine (C=N–C) groups is 1. The van der Waals surface area contributed by atoms with Crippen LogP contribution in [-0.4, -0.2) is 18.3 Å². The Morgan fingerprint density at radius 3 is 2.67 bits per heavy atom. The monoisotopic (exact) mass is 243 g/mol. The third-order valence-corrected chi connectivity index (χ3v) is 2.68. The van der Waals surface area contributed by atoms with Gasteiger partial charge >= 0.3 is 5.97 Å². The lowest BCUT2D eigenvalue weighted by Gasteiger charge is -1.98. The summed E-state index contributed by atoms with van der Waals surface area (Å²) in [5.41, 5.74) is 1.39. The van der Waals surface area contributed by atoms with Crippen LogP contribution < -0.4 is 0 Å². The van der Waals surface area contributed by atoms with Crippen molar-refractivity contribution in [2.45, 2.75) is 6.42 Å². The summed E-state index contributed by atoms with van der Waals surface area (Å²) in [5.74, 6) is -0.242. The van der Waals surface area contributed by atoms with E-state index >= 15 is 0 Å². The standard InChI is InChI=1S/C10H7Cl2NO2/c11-8-2-1-6(3-9(8)12)13-7-4-10(14)15-5-7/h1-3H,4-5H2. The van der Waals surface area contributed by atoms with E-state index in [4.69, 9.17) is 27.9 Å². The van der Waals surface area contributed by atoms with E-state index in [1.165, 1.54) is 0 Å². The van der Waals surface area contributed by atoms with Crippen molar-refractivity contribution in [3.63, 3.8) is 0 Å². The summed E-state index contributed by atoms with van der Waals surface area (Å²) in [6, 6.07) is 5.06. The van der Waals surface area contributed by atoms with Crippen LogP contribution >= 0.6 is 23.2 Å². The maximum atomic E-state index is 10.8. The van der Waals surface area contributed by atoms with Crippen LogP contribution in [0.1, 0.15) is 6.42 Å². The average molecular weight is 244 g/mol. The molecule has 5 heteroatoms. The number of carbonyl (C=O) groups excluding carboxylic acids is 1. The van der Waals surface area contributed by atoms with Crippen molar-refractivity contribution >= 4 is 40.6 Å². The fraction of sp³-hybridized carbons (Fsp3) is 0.200. The van der Waals surface area contributed by atoms with Gasteiger partial charge in [0.05, 0.1) is 27.9 Å². The number of nitrogens with zero attached hydrogens (tertiary/aromatic N) is 1. The highest BCUT2D eigenvalue weighted by molar-refractivity contribution is 6.42. The Kier molecular flexibility index (Phi) is 2.93. The lowest BCUT2D eigenvalue weighted by molar-refractivity contribution is -0.137. The van der Waals surface area contributed by atoms with Crippen molar-refractivity contribution in [1.82, 2.24) is 0 Å². The number of cyclic esters (lactones) is 1. The summed E-state index contributed by atoms with van der Waals surface area (Å²) < 4.78 is 4.76. The van der Waals surface area contributed by atoms with Crippen molar-refractivity contribution in [1.29, 1.82) is 0 Å².